The number of nitrogens with zero attached hydrogens (tertiary/aromatic N) is 1. The molecular weight excluding hydrogens is 376 g/mol. The topological polar surface area (TPSA) is 96.1 Å². The molecule has 7 nitrogen and oxygen atoms in total. The minimum Gasteiger partial charge on any atom is -0.453 e. The number of carbonyl (C=O) groups excluding carboxylic acids is 2. The van der Waals surface area contributed by atoms with E-state index in [1.165, 1.54) is 7.11 Å². The maximum absolute atomic E-state index is 12.9. The van der Waals surface area contributed by atoms with E-state index < -0.39 is 6.09 Å². The van der Waals surface area contributed by atoms with Crippen molar-refractivity contribution in [3.05, 3.63) is 66.4 Å². The van der Waals surface area contributed by atoms with E-state index in [2.05, 4.69) is 25.3 Å². The molecule has 0 fully saturated rings. The fraction of sp³-hybridized carbons (Fsp3) is 0.0500. The largest absolute Gasteiger partial charge is 0.453 e. The Hall–Kier alpha value is -3.65. The van der Waals surface area contributed by atoms with Crippen molar-refractivity contribution in [1.82, 2.24) is 9.97 Å². The van der Waals surface area contributed by atoms with Gasteiger partial charge in [-0.1, -0.05) is 59.9 Å². The molecule has 0 spiro atoms. The van der Waals surface area contributed by atoms with Crippen LogP contribution in [-0.2, 0) is 4.74 Å². The highest BCUT2D eigenvalue weighted by atomic mass is 32.1. The van der Waals surface area contributed by atoms with Gasteiger partial charge in [-0.2, -0.15) is 0 Å². The van der Waals surface area contributed by atoms with E-state index in [1.807, 2.05) is 54.6 Å². The van der Waals surface area contributed by atoms with Gasteiger partial charge in [0.2, 0.25) is 0 Å². The maximum Gasteiger partial charge on any atom is 0.413 e. The van der Waals surface area contributed by atoms with Gasteiger partial charge >= 0.3 is 6.09 Å². The van der Waals surface area contributed by atoms with Crippen LogP contribution >= 0.6 is 11.3 Å². The van der Waals surface area contributed by atoms with Crippen molar-refractivity contribution in [2.75, 3.05) is 17.7 Å². The molecule has 0 unspecified atom stereocenters. The number of hydrogen-bond donors (Lipinski definition) is 3. The van der Waals surface area contributed by atoms with Crippen molar-refractivity contribution in [1.29, 1.82) is 0 Å². The first-order valence-corrected chi connectivity index (χ1v) is 9.26. The highest BCUT2D eigenvalue weighted by Crippen LogP contribution is 2.36. The van der Waals surface area contributed by atoms with Gasteiger partial charge in [-0.25, -0.2) is 9.78 Å². The van der Waals surface area contributed by atoms with Gasteiger partial charge in [-0.05, 0) is 6.07 Å². The van der Waals surface area contributed by atoms with E-state index in [0.29, 0.717) is 21.4 Å². The average Bonchev–Trinajstić information content (AvgIpc) is 3.32. The number of hydrogen-bond acceptors (Lipinski definition) is 5. The molecule has 4 aromatic rings. The predicted molar refractivity (Wildman–Crippen MR) is 110 cm³/mol. The lowest BCUT2D eigenvalue weighted by atomic mass is 10.1. The van der Waals surface area contributed by atoms with Crippen LogP contribution in [0.25, 0.3) is 22.2 Å². The average molecular weight is 392 g/mol. The second kappa shape index (κ2) is 7.53. The van der Waals surface area contributed by atoms with Gasteiger partial charge in [0, 0.05) is 22.7 Å². The summed E-state index contributed by atoms with van der Waals surface area (Å²) in [6.45, 7) is 0. The number of methoxy groups -OCH3 is 1. The molecule has 2 heterocycles. The first-order chi connectivity index (χ1) is 13.7. The van der Waals surface area contributed by atoms with Crippen LogP contribution in [-0.4, -0.2) is 29.1 Å². The molecule has 2 amide bonds. The lowest BCUT2D eigenvalue weighted by molar-refractivity contribution is 0.102. The standard InChI is InChI=1S/C20H16N4O3S/c1-27-20(26)24-19-22-16(12-7-3-2-4-8-12)18(28-19)23-17(25)14-11-21-15-10-6-5-9-13(14)15/h2-11,21H,1H3,(H,23,25)(H,22,24,26). The molecule has 0 aliphatic heterocycles. The van der Waals surface area contributed by atoms with Crippen LogP contribution in [0.1, 0.15) is 10.4 Å². The predicted octanol–water partition coefficient (Wildman–Crippen LogP) is 4.72. The fourth-order valence-corrected chi connectivity index (χ4v) is 3.69. The van der Waals surface area contributed by atoms with Crippen LogP contribution in [0.3, 0.4) is 0 Å². The van der Waals surface area contributed by atoms with E-state index in [0.717, 1.165) is 27.8 Å². The van der Waals surface area contributed by atoms with Gasteiger partial charge in [-0.3, -0.25) is 10.1 Å². The molecular formula is C20H16N4O3S. The third-order valence-electron chi connectivity index (χ3n) is 4.13. The first-order valence-electron chi connectivity index (χ1n) is 8.44. The smallest absolute Gasteiger partial charge is 0.413 e. The molecule has 4 rings (SSSR count). The lowest BCUT2D eigenvalue weighted by Crippen LogP contribution is -2.11. The molecule has 2 aromatic heterocycles. The summed E-state index contributed by atoms with van der Waals surface area (Å²) >= 11 is 1.16. The quantitative estimate of drug-likeness (QED) is 0.468. The minimum atomic E-state index is -0.622. The summed E-state index contributed by atoms with van der Waals surface area (Å²) in [4.78, 5) is 32.0. The number of aromatic amines is 1. The molecule has 2 aromatic carbocycles. The molecule has 0 saturated carbocycles. The van der Waals surface area contributed by atoms with Crippen LogP contribution in [0.15, 0.2) is 60.8 Å². The third kappa shape index (κ3) is 3.45. The monoisotopic (exact) mass is 392 g/mol. The Morgan fingerprint density at radius 3 is 2.57 bits per heavy atom. The number of benzene rings is 2. The summed E-state index contributed by atoms with van der Waals surface area (Å²) < 4.78 is 4.62. The molecule has 28 heavy (non-hydrogen) atoms. The molecule has 0 bridgehead atoms. The summed E-state index contributed by atoms with van der Waals surface area (Å²) in [5.41, 5.74) is 2.81. The number of para-hydroxylation sites is 1. The molecule has 140 valence electrons. The second-order valence-corrected chi connectivity index (χ2v) is 6.88. The minimum absolute atomic E-state index is 0.261. The Morgan fingerprint density at radius 2 is 1.79 bits per heavy atom. The number of aromatic nitrogens is 2. The summed E-state index contributed by atoms with van der Waals surface area (Å²) in [6, 6.07) is 17.0. The Bertz CT molecular complexity index is 1150. The molecule has 0 atom stereocenters. The Morgan fingerprint density at radius 1 is 1.04 bits per heavy atom. The van der Waals surface area contributed by atoms with Crippen molar-refractivity contribution in [2.24, 2.45) is 0 Å². The molecule has 0 radical (unpaired) electrons. The summed E-state index contributed by atoms with van der Waals surface area (Å²) in [6.07, 6.45) is 1.06. The van der Waals surface area contributed by atoms with E-state index in [4.69, 9.17) is 0 Å². The van der Waals surface area contributed by atoms with Crippen molar-refractivity contribution in [3.63, 3.8) is 0 Å². The normalized spacial score (nSPS) is 10.6. The number of ether oxygens (including phenoxy) is 1. The summed E-state index contributed by atoms with van der Waals surface area (Å²) in [5.74, 6) is -0.261. The van der Waals surface area contributed by atoms with E-state index >= 15 is 0 Å². The summed E-state index contributed by atoms with van der Waals surface area (Å²) in [7, 11) is 1.28. The second-order valence-electron chi connectivity index (χ2n) is 5.88. The lowest BCUT2D eigenvalue weighted by Gasteiger charge is -2.04. The molecule has 0 aliphatic rings. The molecule has 0 saturated heterocycles. The van der Waals surface area contributed by atoms with E-state index in [9.17, 15) is 9.59 Å². The highest BCUT2D eigenvalue weighted by Gasteiger charge is 2.19. The number of carbonyl (C=O) groups is 2. The van der Waals surface area contributed by atoms with Gasteiger partial charge in [-0.15, -0.1) is 0 Å². The van der Waals surface area contributed by atoms with Crippen molar-refractivity contribution < 1.29 is 14.3 Å². The fourth-order valence-electron chi connectivity index (χ4n) is 2.82. The number of anilines is 2. The van der Waals surface area contributed by atoms with Gasteiger partial charge in [0.1, 0.15) is 10.7 Å². The zero-order valence-corrected chi connectivity index (χ0v) is 15.7. The van der Waals surface area contributed by atoms with E-state index in [1.54, 1.807) is 6.20 Å². The van der Waals surface area contributed by atoms with Crippen molar-refractivity contribution in [2.45, 2.75) is 0 Å². The highest BCUT2D eigenvalue weighted by molar-refractivity contribution is 7.20. The number of rotatable bonds is 4. The SMILES string of the molecule is COC(=O)Nc1nc(-c2ccccc2)c(NC(=O)c2c[nH]c3ccccc23)s1. The molecule has 8 heteroatoms. The van der Waals surface area contributed by atoms with Gasteiger partial charge in [0.15, 0.2) is 5.13 Å². The van der Waals surface area contributed by atoms with Crippen LogP contribution < -0.4 is 10.6 Å². The number of amides is 2. The number of H-pyrrole nitrogens is 1. The third-order valence-corrected chi connectivity index (χ3v) is 5.02. The summed E-state index contributed by atoms with van der Waals surface area (Å²) in [5, 5.41) is 7.17. The zero-order valence-electron chi connectivity index (χ0n) is 14.9. The van der Waals surface area contributed by atoms with Gasteiger partial charge in [0.05, 0.1) is 12.7 Å². The van der Waals surface area contributed by atoms with Crippen LogP contribution in [0.2, 0.25) is 0 Å². The zero-order chi connectivity index (χ0) is 19.5. The Balaban J connectivity index is 1.69. The van der Waals surface area contributed by atoms with Crippen LogP contribution in [0.4, 0.5) is 14.9 Å². The Kier molecular flexibility index (Phi) is 4.77. The van der Waals surface area contributed by atoms with Crippen molar-refractivity contribution >= 4 is 44.4 Å². The first kappa shape index (κ1) is 17.7. The van der Waals surface area contributed by atoms with Gasteiger partial charge in [0.25, 0.3) is 5.91 Å². The molecule has 0 aliphatic carbocycles. The number of nitrogens with one attached hydrogen (secondary N) is 3. The molecule has 3 N–H and O–H groups in total. The van der Waals surface area contributed by atoms with Crippen LogP contribution in [0.5, 0.6) is 0 Å². The van der Waals surface area contributed by atoms with E-state index in [-0.39, 0.29) is 5.91 Å². The number of thiazole rings is 1. The number of fused-ring (bicyclic) bond motifs is 1. The maximum atomic E-state index is 12.9. The van der Waals surface area contributed by atoms with Crippen LogP contribution in [0, 0.1) is 0 Å². The Labute approximate surface area is 164 Å². The van der Waals surface area contributed by atoms with Crippen molar-refractivity contribution in [3.8, 4) is 11.3 Å². The van der Waals surface area contributed by atoms with Gasteiger partial charge < -0.3 is 15.0 Å².